The summed E-state index contributed by atoms with van der Waals surface area (Å²) < 4.78 is 33.6. The second-order valence-electron chi connectivity index (χ2n) is 6.74. The number of ether oxygens (including phenoxy) is 1. The molecule has 30 heavy (non-hydrogen) atoms. The molecule has 0 aliphatic heterocycles. The van der Waals surface area contributed by atoms with Crippen LogP contribution in [0.1, 0.15) is 29.2 Å². The van der Waals surface area contributed by atoms with Crippen LogP contribution in [-0.2, 0) is 26.0 Å². The Bertz CT molecular complexity index is 1100. The monoisotopic (exact) mass is 443 g/mol. The van der Waals surface area contributed by atoms with Crippen LogP contribution in [0.25, 0.3) is 0 Å². The van der Waals surface area contributed by atoms with E-state index in [1.807, 2.05) is 54.6 Å². The molecule has 1 atom stereocenters. The number of hydrogen-bond acceptors (Lipinski definition) is 4. The van der Waals surface area contributed by atoms with Crippen molar-refractivity contribution in [2.24, 2.45) is 0 Å². The lowest BCUT2D eigenvalue weighted by Crippen LogP contribution is -2.29. The van der Waals surface area contributed by atoms with E-state index in [1.54, 1.807) is 12.1 Å². The fraction of sp³-hybridized carbons (Fsp3) is 0.174. The molecule has 0 aromatic heterocycles. The van der Waals surface area contributed by atoms with E-state index in [9.17, 15) is 13.2 Å². The van der Waals surface area contributed by atoms with Gasteiger partial charge in [0, 0.05) is 11.4 Å². The number of benzene rings is 3. The Morgan fingerprint density at radius 1 is 0.967 bits per heavy atom. The average Bonchev–Trinajstić information content (AvgIpc) is 2.77. The maximum absolute atomic E-state index is 13.0. The number of esters is 1. The third kappa shape index (κ3) is 5.69. The van der Waals surface area contributed by atoms with Crippen LogP contribution in [0.5, 0.6) is 0 Å². The average molecular weight is 444 g/mol. The second-order valence-corrected chi connectivity index (χ2v) is 8.89. The normalized spacial score (nSPS) is 12.3. The molecular formula is C23H22ClNO4S. The number of carbonyl (C=O) groups excluding carboxylic acids is 1. The fourth-order valence-electron chi connectivity index (χ4n) is 3.09. The number of hydrogen-bond donors (Lipinski definition) is 1. The fourth-order valence-corrected chi connectivity index (χ4v) is 4.43. The van der Waals surface area contributed by atoms with E-state index in [2.05, 4.69) is 4.72 Å². The van der Waals surface area contributed by atoms with Gasteiger partial charge in [-0.1, -0.05) is 66.2 Å². The van der Waals surface area contributed by atoms with E-state index in [4.69, 9.17) is 16.3 Å². The number of carbonyl (C=O) groups is 1. The zero-order valence-corrected chi connectivity index (χ0v) is 18.0. The third-order valence-corrected chi connectivity index (χ3v) is 6.35. The maximum Gasteiger partial charge on any atom is 0.305 e. The van der Waals surface area contributed by atoms with Crippen molar-refractivity contribution >= 4 is 27.6 Å². The molecule has 1 unspecified atom stereocenters. The quantitative estimate of drug-likeness (QED) is 0.520. The van der Waals surface area contributed by atoms with E-state index in [-0.39, 0.29) is 17.3 Å². The Kier molecular flexibility index (Phi) is 7.26. The molecule has 0 saturated heterocycles. The Hall–Kier alpha value is -2.67. The van der Waals surface area contributed by atoms with Crippen LogP contribution in [0.4, 0.5) is 0 Å². The minimum absolute atomic E-state index is 0.134. The van der Waals surface area contributed by atoms with Gasteiger partial charge in [0.15, 0.2) is 0 Å². The van der Waals surface area contributed by atoms with Crippen molar-refractivity contribution < 1.29 is 17.9 Å². The predicted molar refractivity (Wildman–Crippen MR) is 117 cm³/mol. The zero-order valence-electron chi connectivity index (χ0n) is 16.4. The van der Waals surface area contributed by atoms with Gasteiger partial charge < -0.3 is 4.74 Å². The molecule has 0 aliphatic rings. The molecule has 7 heteroatoms. The van der Waals surface area contributed by atoms with Crippen LogP contribution in [-0.4, -0.2) is 21.5 Å². The molecular weight excluding hydrogens is 422 g/mol. The van der Waals surface area contributed by atoms with E-state index in [1.165, 1.54) is 19.2 Å². The van der Waals surface area contributed by atoms with E-state index < -0.39 is 16.1 Å². The number of aryl methyl sites for hydroxylation is 1. The molecule has 1 N–H and O–H groups in total. The first-order valence-electron chi connectivity index (χ1n) is 9.37. The van der Waals surface area contributed by atoms with Crippen molar-refractivity contribution in [3.05, 3.63) is 101 Å². The van der Waals surface area contributed by atoms with Crippen LogP contribution in [0.2, 0.25) is 5.02 Å². The topological polar surface area (TPSA) is 72.5 Å². The summed E-state index contributed by atoms with van der Waals surface area (Å²) in [7, 11) is -2.44. The number of halogens is 1. The van der Waals surface area contributed by atoms with Gasteiger partial charge >= 0.3 is 5.97 Å². The summed E-state index contributed by atoms with van der Waals surface area (Å²) in [5, 5.41) is 0.465. The van der Waals surface area contributed by atoms with Gasteiger partial charge in [0.25, 0.3) is 0 Å². The summed E-state index contributed by atoms with van der Waals surface area (Å²) in [4.78, 5) is 11.6. The molecule has 3 aromatic carbocycles. The van der Waals surface area contributed by atoms with Gasteiger partial charge in [-0.05, 0) is 47.4 Å². The predicted octanol–water partition coefficient (Wildman–Crippen LogP) is 4.51. The largest absolute Gasteiger partial charge is 0.469 e. The van der Waals surface area contributed by atoms with Gasteiger partial charge in [-0.3, -0.25) is 4.79 Å². The van der Waals surface area contributed by atoms with E-state index >= 15 is 0 Å². The lowest BCUT2D eigenvalue weighted by Gasteiger charge is -2.21. The van der Waals surface area contributed by atoms with Crippen molar-refractivity contribution in [2.45, 2.75) is 23.8 Å². The molecule has 0 spiro atoms. The summed E-state index contributed by atoms with van der Waals surface area (Å²) in [5.74, 6) is -0.288. The highest BCUT2D eigenvalue weighted by molar-refractivity contribution is 7.89. The third-order valence-electron chi connectivity index (χ3n) is 4.66. The number of methoxy groups -OCH3 is 1. The minimum Gasteiger partial charge on any atom is -0.469 e. The Morgan fingerprint density at radius 2 is 1.63 bits per heavy atom. The van der Waals surface area contributed by atoms with Gasteiger partial charge in [-0.25, -0.2) is 8.42 Å². The van der Waals surface area contributed by atoms with Crippen LogP contribution in [0.15, 0.2) is 83.8 Å². The summed E-state index contributed by atoms with van der Waals surface area (Å²) in [6.45, 7) is 0. The summed E-state index contributed by atoms with van der Waals surface area (Å²) in [5.41, 5.74) is 2.51. The van der Waals surface area contributed by atoms with Gasteiger partial charge in [-0.15, -0.1) is 0 Å². The van der Waals surface area contributed by atoms with Crippen molar-refractivity contribution in [3.63, 3.8) is 0 Å². The molecule has 0 fully saturated rings. The van der Waals surface area contributed by atoms with Gasteiger partial charge in [-0.2, -0.15) is 4.72 Å². The summed E-state index contributed by atoms with van der Waals surface area (Å²) in [6, 6.07) is 22.3. The minimum atomic E-state index is -3.80. The summed E-state index contributed by atoms with van der Waals surface area (Å²) >= 11 is 5.89. The van der Waals surface area contributed by atoms with Crippen molar-refractivity contribution in [1.82, 2.24) is 4.72 Å². The first-order valence-corrected chi connectivity index (χ1v) is 11.2. The summed E-state index contributed by atoms with van der Waals surface area (Å²) in [6.07, 6.45) is 0.762. The molecule has 0 saturated carbocycles. The van der Waals surface area contributed by atoms with Gasteiger partial charge in [0.2, 0.25) is 10.0 Å². The Morgan fingerprint density at radius 3 is 2.30 bits per heavy atom. The maximum atomic E-state index is 13.0. The molecule has 0 radical (unpaired) electrons. The van der Waals surface area contributed by atoms with Crippen molar-refractivity contribution in [2.75, 3.05) is 7.11 Å². The number of nitrogens with one attached hydrogen (secondary N) is 1. The Balaban J connectivity index is 1.94. The molecule has 5 nitrogen and oxygen atoms in total. The molecule has 3 rings (SSSR count). The highest BCUT2D eigenvalue weighted by Gasteiger charge is 2.23. The van der Waals surface area contributed by atoms with Crippen molar-refractivity contribution in [3.8, 4) is 0 Å². The molecule has 0 amide bonds. The van der Waals surface area contributed by atoms with Crippen molar-refractivity contribution in [1.29, 1.82) is 0 Å². The highest BCUT2D eigenvalue weighted by atomic mass is 35.5. The molecule has 156 valence electrons. The SMILES string of the molecule is COC(=O)CCc1cccc(C(NS(=O)(=O)c2ccc(Cl)cc2)c2ccccc2)c1. The Labute approximate surface area is 181 Å². The zero-order chi connectivity index (χ0) is 21.6. The highest BCUT2D eigenvalue weighted by Crippen LogP contribution is 2.26. The van der Waals surface area contributed by atoms with E-state index in [0.29, 0.717) is 11.4 Å². The first kappa shape index (κ1) is 22.0. The van der Waals surface area contributed by atoms with Crippen LogP contribution < -0.4 is 4.72 Å². The molecule has 0 bridgehead atoms. The molecule has 3 aromatic rings. The molecule has 0 aliphatic carbocycles. The van der Waals surface area contributed by atoms with Gasteiger partial charge in [0.05, 0.1) is 18.0 Å². The lowest BCUT2D eigenvalue weighted by molar-refractivity contribution is -0.140. The van der Waals surface area contributed by atoms with Crippen LogP contribution >= 0.6 is 11.6 Å². The first-order chi connectivity index (χ1) is 14.4. The number of rotatable bonds is 8. The standard InChI is InChI=1S/C23H22ClNO4S/c1-29-22(26)15-10-17-6-5-9-19(16-17)23(18-7-3-2-4-8-18)25-30(27,28)21-13-11-20(24)12-14-21/h2-9,11-14,16,23,25H,10,15H2,1H3. The lowest BCUT2D eigenvalue weighted by atomic mass is 9.97. The molecule has 0 heterocycles. The van der Waals surface area contributed by atoms with Crippen LogP contribution in [0, 0.1) is 0 Å². The number of sulfonamides is 1. The van der Waals surface area contributed by atoms with E-state index in [0.717, 1.165) is 16.7 Å². The smallest absolute Gasteiger partial charge is 0.305 e. The van der Waals surface area contributed by atoms with Gasteiger partial charge in [0.1, 0.15) is 0 Å². The van der Waals surface area contributed by atoms with Crippen LogP contribution in [0.3, 0.4) is 0 Å². The second kappa shape index (κ2) is 9.89.